The van der Waals surface area contributed by atoms with E-state index in [1.165, 1.54) is 0 Å². The number of pyridine rings is 1. The molecule has 3 aromatic heterocycles. The topological polar surface area (TPSA) is 117 Å². The first kappa shape index (κ1) is 18.9. The van der Waals surface area contributed by atoms with Crippen molar-refractivity contribution in [3.63, 3.8) is 0 Å². The second-order valence-corrected chi connectivity index (χ2v) is 6.70. The van der Waals surface area contributed by atoms with Gasteiger partial charge in [-0.2, -0.15) is 4.98 Å². The summed E-state index contributed by atoms with van der Waals surface area (Å²) in [5, 5.41) is 15.1. The molecular formula is C19H23N7O3. The van der Waals surface area contributed by atoms with E-state index in [1.54, 1.807) is 12.4 Å². The zero-order valence-corrected chi connectivity index (χ0v) is 15.9. The van der Waals surface area contributed by atoms with E-state index >= 15 is 0 Å². The van der Waals surface area contributed by atoms with Gasteiger partial charge in [-0.05, 0) is 24.6 Å². The number of hydrogen-bond donors (Lipinski definition) is 3. The number of amides is 1. The highest BCUT2D eigenvalue weighted by Gasteiger charge is 2.12. The highest BCUT2D eigenvalue weighted by Crippen LogP contribution is 2.20. The number of rotatable bonds is 7. The average molecular weight is 397 g/mol. The Bertz CT molecular complexity index is 968. The van der Waals surface area contributed by atoms with Gasteiger partial charge >= 0.3 is 6.09 Å². The number of aryl methyl sites for hydroxylation is 1. The van der Waals surface area contributed by atoms with Crippen molar-refractivity contribution in [2.45, 2.75) is 13.0 Å². The van der Waals surface area contributed by atoms with Gasteiger partial charge < -0.3 is 29.9 Å². The second-order valence-electron chi connectivity index (χ2n) is 6.70. The van der Waals surface area contributed by atoms with Crippen molar-refractivity contribution in [3.8, 4) is 0 Å². The Kier molecular flexibility index (Phi) is 5.71. The lowest BCUT2D eigenvalue weighted by atomic mass is 10.3. The Morgan fingerprint density at radius 2 is 2.03 bits per heavy atom. The molecule has 0 spiro atoms. The van der Waals surface area contributed by atoms with Gasteiger partial charge in [0.15, 0.2) is 0 Å². The van der Waals surface area contributed by atoms with Gasteiger partial charge in [0.25, 0.3) is 0 Å². The van der Waals surface area contributed by atoms with Crippen LogP contribution in [-0.4, -0.2) is 63.6 Å². The summed E-state index contributed by atoms with van der Waals surface area (Å²) in [6.07, 6.45) is 5.14. The molecule has 0 unspecified atom stereocenters. The Morgan fingerprint density at radius 1 is 1.17 bits per heavy atom. The van der Waals surface area contributed by atoms with Gasteiger partial charge in [-0.3, -0.25) is 0 Å². The highest BCUT2D eigenvalue weighted by atomic mass is 16.5. The third-order valence-electron chi connectivity index (χ3n) is 4.69. The molecule has 1 amide bonds. The molecule has 3 N–H and O–H groups in total. The minimum Gasteiger partial charge on any atom is -0.465 e. The van der Waals surface area contributed by atoms with Crippen molar-refractivity contribution in [3.05, 3.63) is 36.8 Å². The number of aromatic nitrogens is 4. The molecule has 0 bridgehead atoms. The van der Waals surface area contributed by atoms with Crippen LogP contribution in [0.5, 0.6) is 0 Å². The maximum absolute atomic E-state index is 10.5. The fraction of sp³-hybridized carbons (Fsp3) is 0.368. The monoisotopic (exact) mass is 397 g/mol. The van der Waals surface area contributed by atoms with Crippen molar-refractivity contribution >= 4 is 34.6 Å². The van der Waals surface area contributed by atoms with Crippen molar-refractivity contribution < 1.29 is 14.6 Å². The highest BCUT2D eigenvalue weighted by molar-refractivity contribution is 5.76. The van der Waals surface area contributed by atoms with Crippen molar-refractivity contribution in [1.29, 1.82) is 0 Å². The van der Waals surface area contributed by atoms with Gasteiger partial charge in [0, 0.05) is 44.0 Å². The van der Waals surface area contributed by atoms with Crippen LogP contribution in [-0.2, 0) is 11.3 Å². The predicted molar refractivity (Wildman–Crippen MR) is 109 cm³/mol. The lowest BCUT2D eigenvalue weighted by molar-refractivity contribution is 0.122. The average Bonchev–Trinajstić information content (AvgIpc) is 3.14. The van der Waals surface area contributed by atoms with E-state index in [0.717, 1.165) is 48.8 Å². The lowest BCUT2D eigenvalue weighted by Gasteiger charge is -2.27. The molecule has 1 saturated heterocycles. The number of morpholine rings is 1. The summed E-state index contributed by atoms with van der Waals surface area (Å²) >= 11 is 0. The third-order valence-corrected chi connectivity index (χ3v) is 4.69. The Balaban J connectivity index is 1.42. The van der Waals surface area contributed by atoms with Crippen LogP contribution < -0.4 is 15.5 Å². The summed E-state index contributed by atoms with van der Waals surface area (Å²) < 4.78 is 7.37. The number of fused-ring (bicyclic) bond motifs is 1. The molecule has 0 saturated carbocycles. The Morgan fingerprint density at radius 3 is 2.79 bits per heavy atom. The number of hydrogen-bond acceptors (Lipinski definition) is 7. The SMILES string of the molecule is O=C(O)NCCCn1ccc2cnc(Nc3ccc(N4CCOCC4)nc3)nc21. The van der Waals surface area contributed by atoms with Crippen LogP contribution in [0.1, 0.15) is 6.42 Å². The Hall–Kier alpha value is -3.40. The van der Waals surface area contributed by atoms with Crippen LogP contribution in [0.4, 0.5) is 22.2 Å². The number of anilines is 3. The van der Waals surface area contributed by atoms with Crippen LogP contribution in [0, 0.1) is 0 Å². The van der Waals surface area contributed by atoms with E-state index in [9.17, 15) is 4.79 Å². The predicted octanol–water partition coefficient (Wildman–Crippen LogP) is 2.06. The first-order chi connectivity index (χ1) is 14.2. The van der Waals surface area contributed by atoms with Crippen LogP contribution in [0.2, 0.25) is 0 Å². The molecule has 4 heterocycles. The van der Waals surface area contributed by atoms with Crippen LogP contribution in [0.3, 0.4) is 0 Å². The standard InChI is InChI=1S/C19H23N7O3/c27-19(28)20-5-1-6-26-7-4-14-12-22-18(24-17(14)26)23-15-2-3-16(21-13-15)25-8-10-29-11-9-25/h2-4,7,12-13,20H,1,5-6,8-11H2,(H,27,28)(H,22,23,24). The molecule has 4 rings (SSSR count). The van der Waals surface area contributed by atoms with Crippen molar-refractivity contribution in [2.75, 3.05) is 43.1 Å². The number of carbonyl (C=O) groups is 1. The zero-order valence-electron chi connectivity index (χ0n) is 15.9. The largest absolute Gasteiger partial charge is 0.465 e. The van der Waals surface area contributed by atoms with Gasteiger partial charge in [-0.15, -0.1) is 0 Å². The summed E-state index contributed by atoms with van der Waals surface area (Å²) in [6.45, 7) is 4.20. The van der Waals surface area contributed by atoms with E-state index in [-0.39, 0.29) is 0 Å². The molecule has 29 heavy (non-hydrogen) atoms. The fourth-order valence-corrected chi connectivity index (χ4v) is 3.22. The molecule has 1 aliphatic rings. The fourth-order valence-electron chi connectivity index (χ4n) is 3.22. The molecule has 1 fully saturated rings. The molecule has 0 aromatic carbocycles. The molecule has 0 atom stereocenters. The molecule has 1 aliphatic heterocycles. The van der Waals surface area contributed by atoms with Crippen LogP contribution in [0.15, 0.2) is 36.8 Å². The quantitative estimate of drug-likeness (QED) is 0.519. The summed E-state index contributed by atoms with van der Waals surface area (Å²) in [5.74, 6) is 1.42. The minimum absolute atomic E-state index is 0.395. The third kappa shape index (κ3) is 4.72. The number of nitrogens with zero attached hydrogens (tertiary/aromatic N) is 5. The van der Waals surface area contributed by atoms with Gasteiger partial charge in [0.1, 0.15) is 11.5 Å². The summed E-state index contributed by atoms with van der Waals surface area (Å²) in [5.41, 5.74) is 1.61. The summed E-state index contributed by atoms with van der Waals surface area (Å²) in [7, 11) is 0. The maximum Gasteiger partial charge on any atom is 0.404 e. The number of ether oxygens (including phenoxy) is 1. The maximum atomic E-state index is 10.5. The number of nitrogens with one attached hydrogen (secondary N) is 2. The molecule has 10 nitrogen and oxygen atoms in total. The molecule has 3 aromatic rings. The minimum atomic E-state index is -1.01. The molecule has 10 heteroatoms. The van der Waals surface area contributed by atoms with E-state index in [2.05, 4.69) is 30.5 Å². The molecule has 0 radical (unpaired) electrons. The second kappa shape index (κ2) is 8.74. The normalized spacial score (nSPS) is 14.1. The van der Waals surface area contributed by atoms with Gasteiger partial charge in [-0.1, -0.05) is 0 Å². The van der Waals surface area contributed by atoms with E-state index in [0.29, 0.717) is 25.5 Å². The molecule has 0 aliphatic carbocycles. The van der Waals surface area contributed by atoms with Crippen molar-refractivity contribution in [2.24, 2.45) is 0 Å². The van der Waals surface area contributed by atoms with E-state index < -0.39 is 6.09 Å². The first-order valence-corrected chi connectivity index (χ1v) is 9.53. The van der Waals surface area contributed by atoms with Gasteiger partial charge in [0.2, 0.25) is 5.95 Å². The Labute approximate surface area is 167 Å². The first-order valence-electron chi connectivity index (χ1n) is 9.53. The summed E-state index contributed by atoms with van der Waals surface area (Å²) in [6, 6.07) is 5.88. The van der Waals surface area contributed by atoms with Crippen LogP contribution in [0.25, 0.3) is 11.0 Å². The lowest BCUT2D eigenvalue weighted by Crippen LogP contribution is -2.36. The zero-order chi connectivity index (χ0) is 20.1. The van der Waals surface area contributed by atoms with Crippen LogP contribution >= 0.6 is 0 Å². The molecule has 152 valence electrons. The smallest absolute Gasteiger partial charge is 0.404 e. The summed E-state index contributed by atoms with van der Waals surface area (Å²) in [4.78, 5) is 26.2. The molecular weight excluding hydrogens is 374 g/mol. The van der Waals surface area contributed by atoms with E-state index in [1.807, 2.05) is 29.0 Å². The van der Waals surface area contributed by atoms with Crippen molar-refractivity contribution in [1.82, 2.24) is 24.8 Å². The van der Waals surface area contributed by atoms with Gasteiger partial charge in [-0.25, -0.2) is 14.8 Å². The van der Waals surface area contributed by atoms with E-state index in [4.69, 9.17) is 9.84 Å². The number of carboxylic acid groups (broad SMARTS) is 1. The van der Waals surface area contributed by atoms with Gasteiger partial charge in [0.05, 0.1) is 25.1 Å².